The van der Waals surface area contributed by atoms with Crippen molar-refractivity contribution in [2.45, 2.75) is 63.4 Å². The van der Waals surface area contributed by atoms with Crippen molar-refractivity contribution in [1.82, 2.24) is 40.2 Å². The summed E-state index contributed by atoms with van der Waals surface area (Å²) in [6.45, 7) is 6.16. The van der Waals surface area contributed by atoms with Crippen molar-refractivity contribution >= 4 is 39.1 Å². The van der Waals surface area contributed by atoms with Crippen LogP contribution in [0, 0.1) is 0 Å². The monoisotopic (exact) mass is 685 g/mol. The van der Waals surface area contributed by atoms with Crippen molar-refractivity contribution in [3.63, 3.8) is 0 Å². The van der Waals surface area contributed by atoms with Crippen molar-refractivity contribution in [2.75, 3.05) is 18.4 Å². The number of aromatic nitrogens is 4. The van der Waals surface area contributed by atoms with Crippen molar-refractivity contribution < 1.29 is 45.6 Å². The molecule has 0 radical (unpaired) electrons. The van der Waals surface area contributed by atoms with Crippen LogP contribution < -0.4 is 26.0 Å². The van der Waals surface area contributed by atoms with Gasteiger partial charge in [-0.1, -0.05) is 13.5 Å². The van der Waals surface area contributed by atoms with Gasteiger partial charge < -0.3 is 35.7 Å². The lowest BCUT2D eigenvalue weighted by Gasteiger charge is -2.29. The molecule has 5 atom stereocenters. The summed E-state index contributed by atoms with van der Waals surface area (Å²) >= 11 is 0. The molecule has 47 heavy (non-hydrogen) atoms. The molecule has 3 amide bonds. The quantitative estimate of drug-likeness (QED) is 0.136. The van der Waals surface area contributed by atoms with Crippen LogP contribution in [0.1, 0.15) is 33.4 Å². The number of aliphatic hydroxyl groups excluding tert-OH is 1. The molecule has 1 aliphatic rings. The van der Waals surface area contributed by atoms with Gasteiger partial charge in [-0.25, -0.2) is 19.7 Å². The van der Waals surface area contributed by atoms with Gasteiger partial charge in [0, 0.05) is 41.8 Å². The first-order chi connectivity index (χ1) is 21.9. The van der Waals surface area contributed by atoms with E-state index in [4.69, 9.17) is 9.29 Å². The van der Waals surface area contributed by atoms with Crippen LogP contribution >= 0.6 is 0 Å². The van der Waals surface area contributed by atoms with Gasteiger partial charge in [0.15, 0.2) is 12.1 Å². The van der Waals surface area contributed by atoms with Gasteiger partial charge in [-0.2, -0.15) is 26.3 Å². The van der Waals surface area contributed by atoms with Gasteiger partial charge in [0.25, 0.3) is 0 Å². The van der Waals surface area contributed by atoms with Gasteiger partial charge in [-0.05, 0) is 38.5 Å². The lowest BCUT2D eigenvalue weighted by molar-refractivity contribution is -0.140. The molecule has 20 heteroatoms. The van der Waals surface area contributed by atoms with Crippen LogP contribution in [0.4, 0.5) is 23.8 Å². The Balaban J connectivity index is 1.71. The smallest absolute Gasteiger partial charge is 0.388 e. The summed E-state index contributed by atoms with van der Waals surface area (Å²) in [6.07, 6.45) is -3.98. The highest BCUT2D eigenvalue weighted by molar-refractivity contribution is 7.83. The van der Waals surface area contributed by atoms with E-state index < -0.39 is 71.5 Å². The number of urea groups is 1. The van der Waals surface area contributed by atoms with E-state index in [2.05, 4.69) is 37.5 Å². The average Bonchev–Trinajstić information content (AvgIpc) is 3.51. The first-order valence-electron chi connectivity index (χ1n) is 14.1. The summed E-state index contributed by atoms with van der Waals surface area (Å²) in [5.74, 6) is -0.637. The predicted octanol–water partition coefficient (Wildman–Crippen LogP) is 1.60. The molecule has 0 saturated carbocycles. The first kappa shape index (κ1) is 35.5. The molecule has 0 bridgehead atoms. The highest BCUT2D eigenvalue weighted by Gasteiger charge is 2.46. The number of allylic oxidation sites excluding steroid dienone is 1. The molecule has 3 aromatic heterocycles. The summed E-state index contributed by atoms with van der Waals surface area (Å²) in [4.78, 5) is 38.6. The van der Waals surface area contributed by atoms with E-state index in [1.165, 1.54) is 43.1 Å². The number of carbonyl (C=O) groups is 2. The SMILES string of the molecule is C=C(C)NC(=O)N[C@@H]1[C@H](O)[C@@H](CNS(=O)(=O)O)O[C@H]1n1cc(-c2nccc(N[C@](C)(CC)C(=O)NCC(F)(F)F)n2)c2cccnc21. The third kappa shape index (κ3) is 8.71. The van der Waals surface area contributed by atoms with Gasteiger partial charge >= 0.3 is 22.5 Å². The van der Waals surface area contributed by atoms with Crippen molar-refractivity contribution in [3.8, 4) is 11.4 Å². The van der Waals surface area contributed by atoms with Gasteiger partial charge in [-0.15, -0.1) is 0 Å². The third-order valence-corrected chi connectivity index (χ3v) is 7.82. The average molecular weight is 686 g/mol. The molecule has 0 spiro atoms. The van der Waals surface area contributed by atoms with E-state index in [1.54, 1.807) is 19.1 Å². The van der Waals surface area contributed by atoms with Crippen LogP contribution in [0.2, 0.25) is 0 Å². The molecule has 4 rings (SSSR count). The van der Waals surface area contributed by atoms with Crippen LogP contribution in [-0.2, 0) is 19.8 Å². The minimum absolute atomic E-state index is 0.113. The number of aliphatic hydroxyl groups is 1. The second-order valence-electron chi connectivity index (χ2n) is 11.0. The van der Waals surface area contributed by atoms with Crippen LogP contribution in [0.5, 0.6) is 0 Å². The van der Waals surface area contributed by atoms with Crippen LogP contribution in [0.25, 0.3) is 22.4 Å². The third-order valence-electron chi connectivity index (χ3n) is 7.28. The second-order valence-corrected chi connectivity index (χ2v) is 12.2. The van der Waals surface area contributed by atoms with Crippen molar-refractivity contribution in [1.29, 1.82) is 0 Å². The summed E-state index contributed by atoms with van der Waals surface area (Å²) in [5.41, 5.74) is -0.481. The molecule has 0 aromatic carbocycles. The molecule has 0 aliphatic carbocycles. The number of carbonyl (C=O) groups excluding carboxylic acids is 2. The van der Waals surface area contributed by atoms with E-state index in [9.17, 15) is 36.3 Å². The number of hydrogen-bond donors (Lipinski definition) is 7. The number of fused-ring (bicyclic) bond motifs is 1. The van der Waals surface area contributed by atoms with E-state index in [-0.39, 0.29) is 18.1 Å². The van der Waals surface area contributed by atoms with Crippen LogP contribution in [-0.4, -0.2) is 92.6 Å². The molecular formula is C27H34F3N9O7S. The highest BCUT2D eigenvalue weighted by Crippen LogP contribution is 2.36. The summed E-state index contributed by atoms with van der Waals surface area (Å²) in [7, 11) is -4.64. The van der Waals surface area contributed by atoms with E-state index >= 15 is 0 Å². The Morgan fingerprint density at radius 1 is 1.19 bits per heavy atom. The number of nitrogens with zero attached hydrogens (tertiary/aromatic N) is 4. The molecule has 16 nitrogen and oxygen atoms in total. The molecule has 3 aromatic rings. The number of alkyl halides is 3. The summed E-state index contributed by atoms with van der Waals surface area (Å²) < 4.78 is 79.3. The summed E-state index contributed by atoms with van der Waals surface area (Å²) in [6, 6.07) is 2.86. The molecule has 256 valence electrons. The minimum atomic E-state index is -4.64. The first-order valence-corrected chi connectivity index (χ1v) is 15.6. The largest absolute Gasteiger partial charge is 0.405 e. The zero-order chi connectivity index (χ0) is 34.7. The van der Waals surface area contributed by atoms with Crippen LogP contribution in [0.3, 0.4) is 0 Å². The normalized spacial score (nSPS) is 21.2. The van der Waals surface area contributed by atoms with E-state index in [0.29, 0.717) is 22.3 Å². The zero-order valence-electron chi connectivity index (χ0n) is 25.4. The fourth-order valence-corrected chi connectivity index (χ4v) is 5.23. The number of halogens is 3. The maximum absolute atomic E-state index is 12.7. The number of nitrogens with one attached hydrogen (secondary N) is 5. The topological polar surface area (TPSA) is 222 Å². The molecule has 1 fully saturated rings. The Labute approximate surface area is 267 Å². The number of pyridine rings is 1. The Bertz CT molecular complexity index is 1750. The van der Waals surface area contributed by atoms with Gasteiger partial charge in [0.2, 0.25) is 5.91 Å². The van der Waals surface area contributed by atoms with E-state index in [0.717, 1.165) is 0 Å². The molecule has 1 saturated heterocycles. The highest BCUT2D eigenvalue weighted by atomic mass is 32.2. The Morgan fingerprint density at radius 2 is 1.91 bits per heavy atom. The molecule has 0 unspecified atom stereocenters. The predicted molar refractivity (Wildman–Crippen MR) is 162 cm³/mol. The summed E-state index contributed by atoms with van der Waals surface area (Å²) in [5, 5.41) is 21.4. The fraction of sp³-hybridized carbons (Fsp3) is 0.444. The Morgan fingerprint density at radius 3 is 2.55 bits per heavy atom. The second kappa shape index (κ2) is 13.8. The van der Waals surface area contributed by atoms with Gasteiger partial charge in [0.05, 0.1) is 0 Å². The van der Waals surface area contributed by atoms with E-state index in [1.807, 2.05) is 10.0 Å². The van der Waals surface area contributed by atoms with Crippen LogP contribution in [0.15, 0.2) is 49.1 Å². The molecular weight excluding hydrogens is 651 g/mol. The maximum Gasteiger partial charge on any atom is 0.405 e. The lowest BCUT2D eigenvalue weighted by atomic mass is 9.97. The fourth-order valence-electron chi connectivity index (χ4n) is 4.85. The lowest BCUT2D eigenvalue weighted by Crippen LogP contribution is -2.52. The number of ether oxygens (including phenoxy) is 1. The number of amides is 3. The standard InChI is InChI=1S/C27H34F3N9O7S/c1-5-26(4,24(41)33-13-27(28,29)30)38-18-8-10-31-21(36-18)16-12-39(22-15(16)7-6-9-32-22)23-19(37-25(42)35-14(2)3)20(40)17(46-23)11-34-47(43,44)45/h6-10,12,17,19-20,23,34,40H,2,5,11,13H2,1,3-4H3,(H,33,41)(H,31,36,38)(H2,35,37,42)(H,43,44,45)/t17-,19-,20-,23-,26-/m1/s1. The maximum atomic E-state index is 12.7. The molecule has 7 N–H and O–H groups in total. The number of rotatable bonds is 12. The van der Waals surface area contributed by atoms with Gasteiger partial charge in [-0.3, -0.25) is 9.35 Å². The molecule has 4 heterocycles. The Hall–Kier alpha value is -4.37. The van der Waals surface area contributed by atoms with Gasteiger partial charge in [0.1, 0.15) is 41.8 Å². The number of hydrogen-bond acceptors (Lipinski definition) is 10. The zero-order valence-corrected chi connectivity index (χ0v) is 26.2. The van der Waals surface area contributed by atoms with Crippen molar-refractivity contribution in [3.05, 3.63) is 49.1 Å². The number of anilines is 1. The van der Waals surface area contributed by atoms with Crippen molar-refractivity contribution in [2.24, 2.45) is 0 Å². The minimum Gasteiger partial charge on any atom is -0.388 e. The molecule has 1 aliphatic heterocycles. The Kier molecular flexibility index (Phi) is 10.4.